The van der Waals surface area contributed by atoms with Crippen LogP contribution >= 0.6 is 0 Å². The summed E-state index contributed by atoms with van der Waals surface area (Å²) in [6.45, 7) is 0.576. The van der Waals surface area contributed by atoms with Crippen LogP contribution in [0.5, 0.6) is 0 Å². The van der Waals surface area contributed by atoms with Gasteiger partial charge in [-0.15, -0.1) is 0 Å². The van der Waals surface area contributed by atoms with Gasteiger partial charge in [0, 0.05) is 25.2 Å². The Hall–Kier alpha value is -1.08. The Labute approximate surface area is 90.8 Å². The Morgan fingerprint density at radius 1 is 1.38 bits per heavy atom. The molecule has 0 fully saturated rings. The van der Waals surface area contributed by atoms with Crippen LogP contribution in [0.15, 0.2) is 6.20 Å². The Morgan fingerprint density at radius 2 is 2.12 bits per heavy atom. The standard InChI is InChI=1S/C9H13F3N4/c10-9(11,12)6-15-1-2-16-8(5-15)7(3-13)4-14-16/h4H,1-3,5-6,13H2. The Bertz CT molecular complexity index is 358. The van der Waals surface area contributed by atoms with E-state index in [1.54, 1.807) is 10.9 Å². The molecule has 1 aromatic rings. The van der Waals surface area contributed by atoms with Crippen LogP contribution < -0.4 is 5.73 Å². The minimum Gasteiger partial charge on any atom is -0.326 e. The zero-order valence-corrected chi connectivity index (χ0v) is 8.67. The van der Waals surface area contributed by atoms with Gasteiger partial charge in [0.1, 0.15) is 0 Å². The highest BCUT2D eigenvalue weighted by atomic mass is 19.4. The lowest BCUT2D eigenvalue weighted by molar-refractivity contribution is -0.148. The van der Waals surface area contributed by atoms with Crippen LogP contribution in [0.25, 0.3) is 0 Å². The molecule has 1 aromatic heterocycles. The summed E-state index contributed by atoms with van der Waals surface area (Å²) in [6, 6.07) is 0. The van der Waals surface area contributed by atoms with Crippen molar-refractivity contribution in [1.82, 2.24) is 14.7 Å². The van der Waals surface area contributed by atoms with Crippen molar-refractivity contribution in [3.05, 3.63) is 17.5 Å². The lowest BCUT2D eigenvalue weighted by atomic mass is 10.2. The molecule has 2 N–H and O–H groups in total. The fourth-order valence-corrected chi connectivity index (χ4v) is 1.91. The maximum atomic E-state index is 12.2. The molecule has 0 bridgehead atoms. The third-order valence-corrected chi connectivity index (χ3v) is 2.66. The van der Waals surface area contributed by atoms with Crippen LogP contribution in [0.2, 0.25) is 0 Å². The summed E-state index contributed by atoms with van der Waals surface area (Å²) < 4.78 is 38.4. The third kappa shape index (κ3) is 2.35. The molecule has 0 aliphatic carbocycles. The number of hydrogen-bond acceptors (Lipinski definition) is 3. The van der Waals surface area contributed by atoms with Crippen molar-refractivity contribution in [3.63, 3.8) is 0 Å². The van der Waals surface area contributed by atoms with Gasteiger partial charge >= 0.3 is 6.18 Å². The molecular formula is C9H13F3N4. The van der Waals surface area contributed by atoms with Gasteiger partial charge < -0.3 is 5.73 Å². The normalized spacial score (nSPS) is 17.5. The summed E-state index contributed by atoms with van der Waals surface area (Å²) in [5, 5.41) is 4.09. The van der Waals surface area contributed by atoms with Crippen LogP contribution in [0.3, 0.4) is 0 Å². The van der Waals surface area contributed by atoms with Crippen molar-refractivity contribution < 1.29 is 13.2 Å². The molecule has 1 aliphatic heterocycles. The summed E-state index contributed by atoms with van der Waals surface area (Å²) >= 11 is 0. The highest BCUT2D eigenvalue weighted by Gasteiger charge is 2.32. The van der Waals surface area contributed by atoms with E-state index in [1.807, 2.05) is 0 Å². The fourth-order valence-electron chi connectivity index (χ4n) is 1.91. The van der Waals surface area contributed by atoms with Crippen molar-refractivity contribution in [2.45, 2.75) is 25.8 Å². The molecule has 16 heavy (non-hydrogen) atoms. The van der Waals surface area contributed by atoms with Gasteiger partial charge in [0.05, 0.1) is 25.0 Å². The number of fused-ring (bicyclic) bond motifs is 1. The molecular weight excluding hydrogens is 221 g/mol. The molecule has 0 radical (unpaired) electrons. The molecule has 0 saturated heterocycles. The molecule has 7 heteroatoms. The maximum absolute atomic E-state index is 12.2. The minimum absolute atomic E-state index is 0.270. The quantitative estimate of drug-likeness (QED) is 0.820. The van der Waals surface area contributed by atoms with E-state index in [9.17, 15) is 13.2 Å². The van der Waals surface area contributed by atoms with Gasteiger partial charge in [-0.05, 0) is 0 Å². The Balaban J connectivity index is 2.10. The zero-order valence-electron chi connectivity index (χ0n) is 8.67. The molecule has 0 spiro atoms. The molecule has 4 nitrogen and oxygen atoms in total. The van der Waals surface area contributed by atoms with E-state index in [4.69, 9.17) is 5.73 Å². The fraction of sp³-hybridized carbons (Fsp3) is 0.667. The maximum Gasteiger partial charge on any atom is 0.401 e. The number of nitrogens with zero attached hydrogens (tertiary/aromatic N) is 3. The molecule has 90 valence electrons. The molecule has 1 aliphatic rings. The van der Waals surface area contributed by atoms with Crippen molar-refractivity contribution >= 4 is 0 Å². The highest BCUT2D eigenvalue weighted by molar-refractivity contribution is 5.18. The van der Waals surface area contributed by atoms with Crippen molar-refractivity contribution in [2.24, 2.45) is 5.73 Å². The molecule has 2 rings (SSSR count). The lowest BCUT2D eigenvalue weighted by Crippen LogP contribution is -2.40. The van der Waals surface area contributed by atoms with Gasteiger partial charge in [0.25, 0.3) is 0 Å². The van der Waals surface area contributed by atoms with E-state index >= 15 is 0 Å². The predicted molar refractivity (Wildman–Crippen MR) is 51.5 cm³/mol. The van der Waals surface area contributed by atoms with E-state index in [1.165, 1.54) is 4.90 Å². The van der Waals surface area contributed by atoms with Crippen molar-refractivity contribution in [2.75, 3.05) is 13.1 Å². The Kier molecular flexibility index (Phi) is 2.90. The van der Waals surface area contributed by atoms with Gasteiger partial charge in [0.15, 0.2) is 0 Å². The van der Waals surface area contributed by atoms with Gasteiger partial charge in [-0.1, -0.05) is 0 Å². The first-order chi connectivity index (χ1) is 7.49. The van der Waals surface area contributed by atoms with Crippen LogP contribution in [0.4, 0.5) is 13.2 Å². The summed E-state index contributed by atoms with van der Waals surface area (Å²) in [7, 11) is 0. The van der Waals surface area contributed by atoms with Crippen molar-refractivity contribution in [3.8, 4) is 0 Å². The first-order valence-electron chi connectivity index (χ1n) is 5.02. The minimum atomic E-state index is -4.15. The summed E-state index contributed by atoms with van der Waals surface area (Å²) in [6.07, 6.45) is -2.52. The van der Waals surface area contributed by atoms with Gasteiger partial charge in [-0.2, -0.15) is 18.3 Å². The summed E-state index contributed by atoms with van der Waals surface area (Å²) in [5.74, 6) is 0. The van der Waals surface area contributed by atoms with Crippen molar-refractivity contribution in [1.29, 1.82) is 0 Å². The number of aromatic nitrogens is 2. The predicted octanol–water partition coefficient (Wildman–Crippen LogP) is 0.720. The average molecular weight is 234 g/mol. The smallest absolute Gasteiger partial charge is 0.326 e. The first-order valence-corrected chi connectivity index (χ1v) is 5.02. The third-order valence-electron chi connectivity index (χ3n) is 2.66. The monoisotopic (exact) mass is 234 g/mol. The SMILES string of the molecule is NCc1cnn2c1CN(CC(F)(F)F)CC2. The largest absolute Gasteiger partial charge is 0.401 e. The van der Waals surface area contributed by atoms with E-state index in [2.05, 4.69) is 5.10 Å². The lowest BCUT2D eigenvalue weighted by Gasteiger charge is -2.28. The van der Waals surface area contributed by atoms with Crippen LogP contribution in [-0.4, -0.2) is 33.9 Å². The van der Waals surface area contributed by atoms with Crippen LogP contribution in [0.1, 0.15) is 11.3 Å². The number of alkyl halides is 3. The number of nitrogens with two attached hydrogens (primary N) is 1. The Morgan fingerprint density at radius 3 is 2.75 bits per heavy atom. The molecule has 0 atom stereocenters. The number of rotatable bonds is 2. The number of hydrogen-bond donors (Lipinski definition) is 1. The van der Waals surface area contributed by atoms with E-state index in [-0.39, 0.29) is 6.54 Å². The first kappa shape index (κ1) is 11.4. The second-order valence-electron chi connectivity index (χ2n) is 3.87. The van der Waals surface area contributed by atoms with E-state index in [0.29, 0.717) is 19.6 Å². The molecule has 2 heterocycles. The van der Waals surface area contributed by atoms with E-state index in [0.717, 1.165) is 11.3 Å². The summed E-state index contributed by atoms with van der Waals surface area (Å²) in [4.78, 5) is 1.37. The molecule has 0 saturated carbocycles. The van der Waals surface area contributed by atoms with Crippen LogP contribution in [-0.2, 0) is 19.6 Å². The average Bonchev–Trinajstić information content (AvgIpc) is 2.57. The number of halogens is 3. The topological polar surface area (TPSA) is 47.1 Å². The zero-order chi connectivity index (χ0) is 11.8. The molecule has 0 aromatic carbocycles. The second kappa shape index (κ2) is 4.06. The summed E-state index contributed by atoms with van der Waals surface area (Å²) in [5.41, 5.74) is 7.13. The highest BCUT2D eigenvalue weighted by Crippen LogP contribution is 2.21. The molecule has 0 unspecified atom stereocenters. The molecule has 0 amide bonds. The van der Waals surface area contributed by atoms with Crippen LogP contribution in [0, 0.1) is 0 Å². The second-order valence-corrected chi connectivity index (χ2v) is 3.87. The van der Waals surface area contributed by atoms with Gasteiger partial charge in [-0.25, -0.2) is 0 Å². The van der Waals surface area contributed by atoms with Gasteiger partial charge in [-0.3, -0.25) is 9.58 Å². The van der Waals surface area contributed by atoms with E-state index < -0.39 is 12.7 Å². The van der Waals surface area contributed by atoms with Gasteiger partial charge in [0.2, 0.25) is 0 Å².